The molecule has 0 bridgehead atoms. The maximum absolute atomic E-state index is 4.12. The van der Waals surface area contributed by atoms with Gasteiger partial charge in [0.15, 0.2) is 0 Å². The molecule has 1 aromatic rings. The Bertz CT molecular complexity index is 409. The molecule has 0 unspecified atom stereocenters. The SMILES string of the molecule is Cc1ccc2c(c1)=NC=C=2. The van der Waals surface area contributed by atoms with Gasteiger partial charge < -0.3 is 0 Å². The van der Waals surface area contributed by atoms with Crippen molar-refractivity contribution < 1.29 is 0 Å². The molecule has 0 aromatic heterocycles. The Morgan fingerprint density at radius 2 is 2.30 bits per heavy atom. The summed E-state index contributed by atoms with van der Waals surface area (Å²) in [5.74, 6) is 0. The Balaban J connectivity index is 2.96. The van der Waals surface area contributed by atoms with Crippen LogP contribution in [0, 0.1) is 6.92 Å². The summed E-state index contributed by atoms with van der Waals surface area (Å²) < 4.78 is 0. The third-order valence-electron chi connectivity index (χ3n) is 1.58. The Morgan fingerprint density at radius 1 is 1.40 bits per heavy atom. The number of hydrogen-bond acceptors (Lipinski definition) is 1. The van der Waals surface area contributed by atoms with Crippen molar-refractivity contribution >= 4 is 5.73 Å². The van der Waals surface area contributed by atoms with Crippen molar-refractivity contribution in [1.29, 1.82) is 0 Å². The summed E-state index contributed by atoms with van der Waals surface area (Å²) in [5, 5.41) is 2.14. The van der Waals surface area contributed by atoms with Gasteiger partial charge in [0.05, 0.1) is 11.6 Å². The van der Waals surface area contributed by atoms with Gasteiger partial charge in [-0.2, -0.15) is 0 Å². The fourth-order valence-corrected chi connectivity index (χ4v) is 1.04. The predicted octanol–water partition coefficient (Wildman–Crippen LogP) is 0.521. The van der Waals surface area contributed by atoms with E-state index in [-0.39, 0.29) is 0 Å². The summed E-state index contributed by atoms with van der Waals surface area (Å²) in [6, 6.07) is 6.17. The Hall–Kier alpha value is -1.33. The molecule has 0 amide bonds. The molecular formula is C9H7N. The first kappa shape index (κ1) is 5.45. The van der Waals surface area contributed by atoms with Gasteiger partial charge in [0.2, 0.25) is 0 Å². The van der Waals surface area contributed by atoms with Gasteiger partial charge in [-0.05, 0) is 24.6 Å². The van der Waals surface area contributed by atoms with Crippen LogP contribution in [0.4, 0.5) is 0 Å². The first-order chi connectivity index (χ1) is 4.86. The van der Waals surface area contributed by atoms with Crippen LogP contribution in [0.1, 0.15) is 5.56 Å². The van der Waals surface area contributed by atoms with Crippen molar-refractivity contribution in [3.63, 3.8) is 0 Å². The highest BCUT2D eigenvalue weighted by molar-refractivity contribution is 5.27. The molecule has 1 heterocycles. The summed E-state index contributed by atoms with van der Waals surface area (Å²) in [4.78, 5) is 4.12. The first-order valence-corrected chi connectivity index (χ1v) is 3.26. The minimum Gasteiger partial charge on any atom is -0.247 e. The van der Waals surface area contributed by atoms with E-state index in [1.807, 2.05) is 6.07 Å². The van der Waals surface area contributed by atoms with Crippen molar-refractivity contribution in [2.45, 2.75) is 6.92 Å². The number of hydrogen-bond donors (Lipinski definition) is 0. The van der Waals surface area contributed by atoms with E-state index in [2.05, 4.69) is 29.8 Å². The number of fused-ring (bicyclic) bond motifs is 1. The maximum Gasteiger partial charge on any atom is 0.0790 e. The second-order valence-electron chi connectivity index (χ2n) is 2.42. The van der Waals surface area contributed by atoms with Gasteiger partial charge in [-0.25, -0.2) is 4.99 Å². The van der Waals surface area contributed by atoms with Crippen LogP contribution >= 0.6 is 0 Å². The Morgan fingerprint density at radius 3 is 3.20 bits per heavy atom. The smallest absolute Gasteiger partial charge is 0.0790 e. The summed E-state index contributed by atoms with van der Waals surface area (Å²) in [5.41, 5.74) is 4.29. The topological polar surface area (TPSA) is 12.4 Å². The van der Waals surface area contributed by atoms with Crippen LogP contribution in [0.25, 0.3) is 5.73 Å². The standard InChI is InChI=1S/C9H7N/c1-7-2-3-8-4-5-10-9(8)6-7/h2-3,5-6H,1H3. The zero-order valence-corrected chi connectivity index (χ0v) is 5.76. The van der Waals surface area contributed by atoms with Crippen LogP contribution in [0.15, 0.2) is 29.4 Å². The number of rotatable bonds is 0. The van der Waals surface area contributed by atoms with Crippen LogP contribution in [0.2, 0.25) is 0 Å². The lowest BCUT2D eigenvalue weighted by molar-refractivity contribution is 1.31. The van der Waals surface area contributed by atoms with Gasteiger partial charge in [-0.3, -0.25) is 0 Å². The van der Waals surface area contributed by atoms with E-state index < -0.39 is 0 Å². The quantitative estimate of drug-likeness (QED) is 0.484. The summed E-state index contributed by atoms with van der Waals surface area (Å²) >= 11 is 0. The van der Waals surface area contributed by atoms with Crippen LogP contribution in [-0.2, 0) is 0 Å². The molecule has 1 heteroatoms. The first-order valence-electron chi connectivity index (χ1n) is 3.26. The summed E-state index contributed by atoms with van der Waals surface area (Å²) in [6.45, 7) is 2.06. The average Bonchev–Trinajstić information content (AvgIpc) is 2.33. The van der Waals surface area contributed by atoms with E-state index in [0.717, 1.165) is 10.6 Å². The molecule has 0 spiro atoms. The Kier molecular flexibility index (Phi) is 0.996. The number of benzene rings is 1. The number of nitrogens with zero attached hydrogens (tertiary/aromatic N) is 1. The fourth-order valence-electron chi connectivity index (χ4n) is 1.04. The normalized spacial score (nSPS) is 12.1. The summed E-state index contributed by atoms with van der Waals surface area (Å²) in [7, 11) is 0. The van der Waals surface area contributed by atoms with Gasteiger partial charge in [0.1, 0.15) is 0 Å². The second kappa shape index (κ2) is 1.83. The molecule has 1 aromatic carbocycles. The van der Waals surface area contributed by atoms with E-state index in [1.54, 1.807) is 6.20 Å². The van der Waals surface area contributed by atoms with E-state index in [1.165, 1.54) is 5.56 Å². The van der Waals surface area contributed by atoms with Crippen LogP contribution in [0.5, 0.6) is 0 Å². The molecule has 0 radical (unpaired) electrons. The van der Waals surface area contributed by atoms with Crippen LogP contribution in [0.3, 0.4) is 0 Å². The molecular weight excluding hydrogens is 122 g/mol. The minimum absolute atomic E-state index is 1.04. The van der Waals surface area contributed by atoms with Crippen molar-refractivity contribution in [3.05, 3.63) is 40.5 Å². The highest BCUT2D eigenvalue weighted by atomic mass is 14.7. The molecule has 2 rings (SSSR count). The van der Waals surface area contributed by atoms with Gasteiger partial charge in [-0.1, -0.05) is 11.8 Å². The van der Waals surface area contributed by atoms with Gasteiger partial charge in [-0.15, -0.1) is 0 Å². The van der Waals surface area contributed by atoms with Crippen LogP contribution < -0.4 is 10.6 Å². The third kappa shape index (κ3) is 0.687. The molecule has 0 fully saturated rings. The zero-order valence-electron chi connectivity index (χ0n) is 5.76. The molecule has 1 nitrogen and oxygen atoms in total. The third-order valence-corrected chi connectivity index (χ3v) is 1.58. The zero-order chi connectivity index (χ0) is 6.97. The Labute approximate surface area is 59.0 Å². The van der Waals surface area contributed by atoms with Crippen molar-refractivity contribution in [2.24, 2.45) is 4.99 Å². The van der Waals surface area contributed by atoms with Crippen molar-refractivity contribution in [2.75, 3.05) is 0 Å². The van der Waals surface area contributed by atoms with Crippen molar-refractivity contribution in [1.82, 2.24) is 0 Å². The summed E-state index contributed by atoms with van der Waals surface area (Å²) in [6.07, 6.45) is 1.71. The lowest BCUT2D eigenvalue weighted by Gasteiger charge is -1.86. The van der Waals surface area contributed by atoms with Gasteiger partial charge >= 0.3 is 0 Å². The largest absolute Gasteiger partial charge is 0.247 e. The van der Waals surface area contributed by atoms with E-state index in [4.69, 9.17) is 0 Å². The molecule has 0 aliphatic carbocycles. The monoisotopic (exact) mass is 129 g/mol. The second-order valence-corrected chi connectivity index (χ2v) is 2.42. The van der Waals surface area contributed by atoms with Gasteiger partial charge in [0, 0.05) is 5.22 Å². The van der Waals surface area contributed by atoms with E-state index in [0.29, 0.717) is 0 Å². The molecule has 1 aliphatic rings. The van der Waals surface area contributed by atoms with E-state index in [9.17, 15) is 0 Å². The van der Waals surface area contributed by atoms with Gasteiger partial charge in [0.25, 0.3) is 0 Å². The minimum atomic E-state index is 1.04. The molecule has 0 atom stereocenters. The van der Waals surface area contributed by atoms with E-state index >= 15 is 0 Å². The average molecular weight is 129 g/mol. The maximum atomic E-state index is 4.12. The molecule has 0 saturated carbocycles. The predicted molar refractivity (Wildman–Crippen MR) is 39.9 cm³/mol. The highest BCUT2D eigenvalue weighted by Crippen LogP contribution is 1.87. The number of aryl methyl sites for hydroxylation is 1. The molecule has 10 heavy (non-hydrogen) atoms. The lowest BCUT2D eigenvalue weighted by Crippen LogP contribution is -2.20. The van der Waals surface area contributed by atoms with Crippen LogP contribution in [-0.4, -0.2) is 0 Å². The molecule has 1 aliphatic heterocycles. The molecule has 0 saturated heterocycles. The van der Waals surface area contributed by atoms with Crippen molar-refractivity contribution in [3.8, 4) is 0 Å². The molecule has 48 valence electrons. The molecule has 0 N–H and O–H groups in total. The highest BCUT2D eigenvalue weighted by Gasteiger charge is 1.89. The lowest BCUT2D eigenvalue weighted by atomic mass is 10.2. The fraction of sp³-hybridized carbons (Fsp3) is 0.111.